The Morgan fingerprint density at radius 2 is 1.74 bits per heavy atom. The zero-order valence-electron chi connectivity index (χ0n) is 20.1. The van der Waals surface area contributed by atoms with Gasteiger partial charge >= 0.3 is 0 Å². The molecule has 0 saturated carbocycles. The number of hydrogen-bond acceptors (Lipinski definition) is 6. The first-order valence-electron chi connectivity index (χ1n) is 11.5. The number of rotatable bonds is 10. The van der Waals surface area contributed by atoms with E-state index in [1.807, 2.05) is 32.9 Å². The fourth-order valence-corrected chi connectivity index (χ4v) is 5.40. The highest BCUT2D eigenvalue weighted by atomic mass is 32.2. The number of fused-ring (bicyclic) bond motifs is 1. The molecule has 1 amide bonds. The second-order valence-corrected chi connectivity index (χ2v) is 11.0. The number of carbonyl (C=O) groups is 1. The van der Waals surface area contributed by atoms with Crippen LogP contribution in [0.2, 0.25) is 0 Å². The van der Waals surface area contributed by atoms with Crippen molar-refractivity contribution in [2.45, 2.75) is 38.8 Å². The highest BCUT2D eigenvalue weighted by Gasteiger charge is 2.29. The fourth-order valence-electron chi connectivity index (χ4n) is 3.85. The lowest BCUT2D eigenvalue weighted by atomic mass is 10.2. The molecule has 2 aromatic carbocycles. The summed E-state index contributed by atoms with van der Waals surface area (Å²) in [5.41, 5.74) is 1.80. The summed E-state index contributed by atoms with van der Waals surface area (Å²) in [5.74, 6) is 1.60. The summed E-state index contributed by atoms with van der Waals surface area (Å²) in [5, 5.41) is 0. The summed E-state index contributed by atoms with van der Waals surface area (Å²) in [4.78, 5) is 15.3. The Morgan fingerprint density at radius 1 is 1.00 bits per heavy atom. The molecule has 0 N–H and O–H groups in total. The van der Waals surface area contributed by atoms with Gasteiger partial charge in [-0.1, -0.05) is 37.6 Å². The van der Waals surface area contributed by atoms with E-state index in [9.17, 15) is 13.2 Å². The average molecular weight is 499 g/mol. The summed E-state index contributed by atoms with van der Waals surface area (Å²) >= 11 is 0. The summed E-state index contributed by atoms with van der Waals surface area (Å²) in [7, 11) is -3.86. The number of aryl methyl sites for hydroxylation is 1. The molecular weight excluding hydrogens is 468 g/mol. The molecule has 0 aliphatic carbocycles. The third-order valence-electron chi connectivity index (χ3n) is 5.63. The van der Waals surface area contributed by atoms with Gasteiger partial charge in [0.05, 0.1) is 24.2 Å². The Bertz CT molecular complexity index is 1250. The van der Waals surface area contributed by atoms with Gasteiger partial charge in [0.2, 0.25) is 22.7 Å². The van der Waals surface area contributed by atoms with E-state index in [0.717, 1.165) is 11.1 Å². The minimum atomic E-state index is -3.86. The fraction of sp³-hybridized carbons (Fsp3) is 0.346. The van der Waals surface area contributed by atoms with Gasteiger partial charge in [0.25, 0.3) is 0 Å². The minimum Gasteiger partial charge on any atom is -0.467 e. The number of hydrogen-bond donors (Lipinski definition) is 0. The molecule has 1 aliphatic heterocycles. The molecular formula is C26H30N2O6S. The van der Waals surface area contributed by atoms with Gasteiger partial charge in [-0.25, -0.2) is 8.42 Å². The van der Waals surface area contributed by atoms with E-state index < -0.39 is 10.0 Å². The Labute approximate surface area is 206 Å². The summed E-state index contributed by atoms with van der Waals surface area (Å²) < 4.78 is 44.5. The lowest BCUT2D eigenvalue weighted by molar-refractivity contribution is -0.133. The number of sulfonamides is 1. The van der Waals surface area contributed by atoms with Crippen molar-refractivity contribution >= 4 is 15.9 Å². The lowest BCUT2D eigenvalue weighted by Crippen LogP contribution is -2.43. The molecule has 0 unspecified atom stereocenters. The first kappa shape index (κ1) is 24.8. The van der Waals surface area contributed by atoms with Crippen LogP contribution in [0.5, 0.6) is 11.5 Å². The Kier molecular flexibility index (Phi) is 7.47. The summed E-state index contributed by atoms with van der Waals surface area (Å²) in [6.07, 6.45) is 1.55. The number of benzene rings is 2. The molecule has 0 spiro atoms. The second kappa shape index (κ2) is 10.5. The van der Waals surface area contributed by atoms with Crippen molar-refractivity contribution in [2.24, 2.45) is 5.92 Å². The van der Waals surface area contributed by atoms with Gasteiger partial charge in [0.1, 0.15) is 5.76 Å². The van der Waals surface area contributed by atoms with Crippen LogP contribution >= 0.6 is 0 Å². The van der Waals surface area contributed by atoms with E-state index in [0.29, 0.717) is 17.3 Å². The molecule has 3 aromatic rings. The van der Waals surface area contributed by atoms with Crippen LogP contribution < -0.4 is 9.47 Å². The molecule has 0 radical (unpaired) electrons. The standard InChI is InChI=1S/C26H30N2O6S/c1-19(2)14-28(35(30,31)23-9-6-20(3)7-10-23)17-26(29)27(16-22-5-4-12-32-22)15-21-8-11-24-25(13-21)34-18-33-24/h4-13,19H,14-18H2,1-3H3. The molecule has 186 valence electrons. The van der Waals surface area contributed by atoms with E-state index in [2.05, 4.69) is 0 Å². The Hall–Kier alpha value is -3.30. The quantitative estimate of drug-likeness (QED) is 0.416. The first-order valence-corrected chi connectivity index (χ1v) is 12.9. The van der Waals surface area contributed by atoms with Crippen LogP contribution in [0.3, 0.4) is 0 Å². The number of furan rings is 1. The summed E-state index contributed by atoms with van der Waals surface area (Å²) in [6, 6.07) is 15.7. The lowest BCUT2D eigenvalue weighted by Gasteiger charge is -2.28. The van der Waals surface area contributed by atoms with Gasteiger partial charge in [-0.05, 0) is 54.8 Å². The number of ether oxygens (including phenoxy) is 2. The van der Waals surface area contributed by atoms with E-state index in [4.69, 9.17) is 13.9 Å². The van der Waals surface area contributed by atoms with E-state index in [1.165, 1.54) is 4.31 Å². The van der Waals surface area contributed by atoms with Gasteiger partial charge in [0, 0.05) is 13.1 Å². The smallest absolute Gasteiger partial charge is 0.243 e. The zero-order chi connectivity index (χ0) is 25.0. The van der Waals surface area contributed by atoms with E-state index >= 15 is 0 Å². The highest BCUT2D eigenvalue weighted by Crippen LogP contribution is 2.33. The maximum Gasteiger partial charge on any atom is 0.243 e. The zero-order valence-corrected chi connectivity index (χ0v) is 21.0. The molecule has 1 aliphatic rings. The highest BCUT2D eigenvalue weighted by molar-refractivity contribution is 7.89. The van der Waals surface area contributed by atoms with Gasteiger partial charge in [-0.15, -0.1) is 0 Å². The van der Waals surface area contributed by atoms with Crippen LogP contribution in [-0.4, -0.2) is 43.4 Å². The van der Waals surface area contributed by atoms with Gasteiger partial charge in [-0.2, -0.15) is 4.31 Å². The third-order valence-corrected chi connectivity index (χ3v) is 7.45. The SMILES string of the molecule is Cc1ccc(S(=O)(=O)N(CC(=O)N(Cc2ccc3c(c2)OCO3)Cc2ccco2)CC(C)C)cc1. The van der Waals surface area contributed by atoms with Crippen molar-refractivity contribution < 1.29 is 27.1 Å². The first-order chi connectivity index (χ1) is 16.7. The van der Waals surface area contributed by atoms with Crippen LogP contribution in [0.1, 0.15) is 30.7 Å². The van der Waals surface area contributed by atoms with Crippen molar-refractivity contribution in [3.05, 3.63) is 77.7 Å². The average Bonchev–Trinajstić information content (AvgIpc) is 3.49. The molecule has 9 heteroatoms. The second-order valence-electron chi connectivity index (χ2n) is 9.02. The van der Waals surface area contributed by atoms with Crippen molar-refractivity contribution in [3.63, 3.8) is 0 Å². The molecule has 0 fully saturated rings. The number of carbonyl (C=O) groups excluding carboxylic acids is 1. The van der Waals surface area contributed by atoms with Crippen molar-refractivity contribution in [2.75, 3.05) is 19.9 Å². The van der Waals surface area contributed by atoms with Crippen molar-refractivity contribution in [1.29, 1.82) is 0 Å². The van der Waals surface area contributed by atoms with Crippen LogP contribution in [0.4, 0.5) is 0 Å². The van der Waals surface area contributed by atoms with Crippen LogP contribution in [0.25, 0.3) is 0 Å². The van der Waals surface area contributed by atoms with Crippen molar-refractivity contribution in [3.8, 4) is 11.5 Å². The maximum atomic E-state index is 13.6. The molecule has 35 heavy (non-hydrogen) atoms. The van der Waals surface area contributed by atoms with E-state index in [1.54, 1.807) is 53.6 Å². The van der Waals surface area contributed by atoms with Gasteiger partial charge in [0.15, 0.2) is 11.5 Å². The number of nitrogens with zero attached hydrogens (tertiary/aromatic N) is 2. The topological polar surface area (TPSA) is 89.3 Å². The van der Waals surface area contributed by atoms with Crippen LogP contribution in [0.15, 0.2) is 70.2 Å². The number of amides is 1. The molecule has 0 atom stereocenters. The van der Waals surface area contributed by atoms with Gasteiger partial charge in [-0.3, -0.25) is 4.79 Å². The molecule has 4 rings (SSSR count). The molecule has 2 heterocycles. The predicted octanol–water partition coefficient (Wildman–Crippen LogP) is 4.19. The Balaban J connectivity index is 1.59. The molecule has 0 saturated heterocycles. The Morgan fingerprint density at radius 3 is 2.43 bits per heavy atom. The minimum absolute atomic E-state index is 0.0374. The summed E-state index contributed by atoms with van der Waals surface area (Å²) in [6.45, 7) is 6.32. The molecule has 1 aromatic heterocycles. The third kappa shape index (κ3) is 6.04. The monoisotopic (exact) mass is 498 g/mol. The normalized spacial score (nSPS) is 12.9. The predicted molar refractivity (Wildman–Crippen MR) is 130 cm³/mol. The van der Waals surface area contributed by atoms with Crippen molar-refractivity contribution in [1.82, 2.24) is 9.21 Å². The van der Waals surface area contributed by atoms with Crippen LogP contribution in [-0.2, 0) is 27.9 Å². The van der Waals surface area contributed by atoms with Gasteiger partial charge < -0.3 is 18.8 Å². The van der Waals surface area contributed by atoms with Crippen LogP contribution in [0, 0.1) is 12.8 Å². The largest absolute Gasteiger partial charge is 0.467 e. The molecule has 8 nitrogen and oxygen atoms in total. The maximum absolute atomic E-state index is 13.6. The van der Waals surface area contributed by atoms with E-state index in [-0.39, 0.29) is 49.7 Å². The molecule has 0 bridgehead atoms.